The Bertz CT molecular complexity index is 1890. The van der Waals surface area contributed by atoms with Crippen molar-refractivity contribution < 1.29 is 23.9 Å². The number of rotatable bonds is 6. The third kappa shape index (κ3) is 5.55. The van der Waals surface area contributed by atoms with Crippen molar-refractivity contribution in [3.63, 3.8) is 0 Å². The second kappa shape index (κ2) is 11.8. The van der Waals surface area contributed by atoms with Crippen molar-refractivity contribution in [3.8, 4) is 11.3 Å². The number of amides is 2. The Kier molecular flexibility index (Phi) is 7.67. The number of anilines is 4. The van der Waals surface area contributed by atoms with Crippen molar-refractivity contribution in [1.82, 2.24) is 15.0 Å². The molecule has 11 heteroatoms. The van der Waals surface area contributed by atoms with Gasteiger partial charge in [-0.2, -0.15) is 0 Å². The van der Waals surface area contributed by atoms with Gasteiger partial charge in [0.2, 0.25) is 5.95 Å². The number of ether oxygens (including phenoxy) is 1. The number of nitrogens with zero attached hydrogens (tertiary/aromatic N) is 3. The minimum Gasteiger partial charge on any atom is -0.468 e. The third-order valence-electron chi connectivity index (χ3n) is 8.42. The molecular formula is C34H30N6O5. The van der Waals surface area contributed by atoms with E-state index in [9.17, 15) is 19.2 Å². The average Bonchev–Trinajstić information content (AvgIpc) is 3.05. The summed E-state index contributed by atoms with van der Waals surface area (Å²) in [5.41, 5.74) is 3.85. The summed E-state index contributed by atoms with van der Waals surface area (Å²) in [7, 11) is 1.29. The van der Waals surface area contributed by atoms with Crippen molar-refractivity contribution in [3.05, 3.63) is 102 Å². The summed E-state index contributed by atoms with van der Waals surface area (Å²) in [6.45, 7) is 3.75. The van der Waals surface area contributed by atoms with Crippen LogP contribution < -0.4 is 16.0 Å². The largest absolute Gasteiger partial charge is 0.468 e. The van der Waals surface area contributed by atoms with E-state index in [4.69, 9.17) is 4.74 Å². The number of pyridine rings is 1. The average molecular weight is 603 g/mol. The van der Waals surface area contributed by atoms with Crippen LogP contribution in [0.15, 0.2) is 84.8 Å². The zero-order valence-electron chi connectivity index (χ0n) is 24.9. The predicted octanol–water partition coefficient (Wildman–Crippen LogP) is 5.35. The third-order valence-corrected chi connectivity index (χ3v) is 8.42. The van der Waals surface area contributed by atoms with Crippen LogP contribution in [0.5, 0.6) is 0 Å². The number of nitrogens with one attached hydrogen (secondary N) is 3. The van der Waals surface area contributed by atoms with Gasteiger partial charge in [0.25, 0.3) is 11.8 Å². The molecule has 6 rings (SSSR count). The number of Topliss-reactive ketones (excluding diaryl/α,β-unsaturated/α-hetero) is 1. The SMILES string of the molecule is COC(=O)[C@@]12C=C(C(=O)CC1)C(=O)Nc1cc(C(=O)Nc3ccc(Nc4nccc(-c5cccnc5)n4)c(C)c3)ccc1C2C. The number of aromatic nitrogens is 3. The molecule has 0 fully saturated rings. The number of hydrogen-bond donors (Lipinski definition) is 3. The first-order valence-electron chi connectivity index (χ1n) is 14.4. The van der Waals surface area contributed by atoms with Crippen LogP contribution in [0.25, 0.3) is 11.3 Å². The predicted molar refractivity (Wildman–Crippen MR) is 168 cm³/mol. The van der Waals surface area contributed by atoms with Gasteiger partial charge in [-0.05, 0) is 73.0 Å². The highest BCUT2D eigenvalue weighted by Gasteiger charge is 2.49. The highest BCUT2D eigenvalue weighted by Crippen LogP contribution is 2.49. The Hall–Kier alpha value is -5.71. The Balaban J connectivity index is 1.22. The molecule has 2 aromatic heterocycles. The molecule has 226 valence electrons. The molecule has 1 aliphatic carbocycles. The Morgan fingerprint density at radius 3 is 2.67 bits per heavy atom. The molecule has 2 atom stereocenters. The first-order chi connectivity index (χ1) is 21.7. The molecule has 0 spiro atoms. The number of carbonyl (C=O) groups is 4. The summed E-state index contributed by atoms with van der Waals surface area (Å²) in [4.78, 5) is 65.1. The Morgan fingerprint density at radius 2 is 1.91 bits per heavy atom. The number of fused-ring (bicyclic) bond motifs is 2. The van der Waals surface area contributed by atoms with E-state index in [1.54, 1.807) is 42.9 Å². The lowest BCUT2D eigenvalue weighted by atomic mass is 9.65. The molecule has 2 amide bonds. The summed E-state index contributed by atoms with van der Waals surface area (Å²) < 4.78 is 5.12. The van der Waals surface area contributed by atoms with Crippen LogP contribution in [0.2, 0.25) is 0 Å². The highest BCUT2D eigenvalue weighted by atomic mass is 16.5. The van der Waals surface area contributed by atoms with Gasteiger partial charge >= 0.3 is 5.97 Å². The van der Waals surface area contributed by atoms with Crippen LogP contribution in [0.1, 0.15) is 47.2 Å². The summed E-state index contributed by atoms with van der Waals surface area (Å²) in [5.74, 6) is -1.87. The van der Waals surface area contributed by atoms with Gasteiger partial charge in [-0.1, -0.05) is 19.1 Å². The van der Waals surface area contributed by atoms with E-state index in [0.29, 0.717) is 28.5 Å². The van der Waals surface area contributed by atoms with E-state index in [2.05, 4.69) is 30.9 Å². The molecule has 45 heavy (non-hydrogen) atoms. The quantitative estimate of drug-likeness (QED) is 0.196. The van der Waals surface area contributed by atoms with Gasteiger partial charge in [0.05, 0.1) is 23.8 Å². The van der Waals surface area contributed by atoms with E-state index in [0.717, 1.165) is 22.5 Å². The van der Waals surface area contributed by atoms with Gasteiger partial charge in [-0.25, -0.2) is 9.97 Å². The van der Waals surface area contributed by atoms with Crippen LogP contribution in [-0.2, 0) is 19.1 Å². The Labute approximate surface area is 259 Å². The normalized spacial score (nSPS) is 18.8. The molecular weight excluding hydrogens is 572 g/mol. The molecule has 2 aliphatic rings. The first-order valence-corrected chi connectivity index (χ1v) is 14.4. The maximum absolute atomic E-state index is 13.3. The summed E-state index contributed by atoms with van der Waals surface area (Å²) in [6, 6.07) is 15.9. The molecule has 3 N–H and O–H groups in total. The maximum Gasteiger partial charge on any atom is 0.316 e. The molecule has 2 aromatic carbocycles. The van der Waals surface area contributed by atoms with Crippen molar-refractivity contribution >= 4 is 46.6 Å². The van der Waals surface area contributed by atoms with Crippen LogP contribution >= 0.6 is 0 Å². The molecule has 1 aliphatic heterocycles. The molecule has 0 saturated carbocycles. The van der Waals surface area contributed by atoms with Crippen LogP contribution in [0.4, 0.5) is 23.0 Å². The highest BCUT2D eigenvalue weighted by molar-refractivity contribution is 6.25. The number of hydrogen-bond acceptors (Lipinski definition) is 9. The van der Waals surface area contributed by atoms with Gasteiger partial charge in [0.1, 0.15) is 0 Å². The number of esters is 1. The fraction of sp³-hybridized carbons (Fsp3) is 0.206. The summed E-state index contributed by atoms with van der Waals surface area (Å²) in [6.07, 6.45) is 6.85. The monoisotopic (exact) mass is 602 g/mol. The maximum atomic E-state index is 13.3. The van der Waals surface area contributed by atoms with Gasteiger partial charge in [-0.3, -0.25) is 24.2 Å². The van der Waals surface area contributed by atoms with Crippen LogP contribution in [-0.4, -0.2) is 45.6 Å². The topological polar surface area (TPSA) is 152 Å². The van der Waals surface area contributed by atoms with E-state index in [1.165, 1.54) is 13.2 Å². The zero-order chi connectivity index (χ0) is 31.7. The zero-order valence-corrected chi connectivity index (χ0v) is 24.9. The second-order valence-electron chi connectivity index (χ2n) is 11.1. The molecule has 4 aromatic rings. The molecule has 1 unspecified atom stereocenters. The summed E-state index contributed by atoms with van der Waals surface area (Å²) in [5, 5.41) is 8.91. The fourth-order valence-electron chi connectivity index (χ4n) is 5.88. The lowest BCUT2D eigenvalue weighted by Crippen LogP contribution is -2.42. The number of aryl methyl sites for hydroxylation is 1. The minimum atomic E-state index is -1.17. The molecule has 2 bridgehead atoms. The van der Waals surface area contributed by atoms with Gasteiger partial charge in [0.15, 0.2) is 5.78 Å². The number of carbonyl (C=O) groups excluding carboxylic acids is 4. The van der Waals surface area contributed by atoms with Gasteiger partial charge in [0, 0.05) is 59.1 Å². The van der Waals surface area contributed by atoms with E-state index < -0.39 is 29.1 Å². The fourth-order valence-corrected chi connectivity index (χ4v) is 5.88. The lowest BCUT2D eigenvalue weighted by molar-refractivity contribution is -0.152. The summed E-state index contributed by atoms with van der Waals surface area (Å²) >= 11 is 0. The Morgan fingerprint density at radius 1 is 1.07 bits per heavy atom. The van der Waals surface area contributed by atoms with Crippen molar-refractivity contribution in [2.75, 3.05) is 23.1 Å². The number of ketones is 1. The standard InChI is InChI=1S/C34H30N6O5/c1-19-15-23(7-9-26(19)39-33-36-14-11-27(40-33)22-5-4-13-35-18-22)37-30(42)21-6-8-24-20(2)34(32(44)45-3)12-10-29(41)25(17-34)31(43)38-28(24)16-21/h4-9,11,13-18,20H,10,12H2,1-3H3,(H,37,42)(H,38,43)(H,36,39,40)/t20?,34-/m1/s1. The molecule has 0 radical (unpaired) electrons. The van der Waals surface area contributed by atoms with Crippen molar-refractivity contribution in [2.45, 2.75) is 32.6 Å². The lowest BCUT2D eigenvalue weighted by Gasteiger charge is -2.39. The second-order valence-corrected chi connectivity index (χ2v) is 11.1. The van der Waals surface area contributed by atoms with Crippen molar-refractivity contribution in [2.24, 2.45) is 5.41 Å². The molecule has 11 nitrogen and oxygen atoms in total. The number of methoxy groups -OCH3 is 1. The van der Waals surface area contributed by atoms with Gasteiger partial charge in [-0.15, -0.1) is 0 Å². The van der Waals surface area contributed by atoms with E-state index in [-0.39, 0.29) is 24.2 Å². The molecule has 3 heterocycles. The van der Waals surface area contributed by atoms with E-state index >= 15 is 0 Å². The van der Waals surface area contributed by atoms with E-state index in [1.807, 2.05) is 44.2 Å². The molecule has 0 saturated heterocycles. The first kappa shape index (κ1) is 29.4. The smallest absolute Gasteiger partial charge is 0.316 e. The van der Waals surface area contributed by atoms with Crippen LogP contribution in [0.3, 0.4) is 0 Å². The number of benzene rings is 2. The minimum absolute atomic E-state index is 0.0626. The van der Waals surface area contributed by atoms with Gasteiger partial charge < -0.3 is 20.7 Å². The van der Waals surface area contributed by atoms with Crippen molar-refractivity contribution in [1.29, 1.82) is 0 Å². The van der Waals surface area contributed by atoms with Crippen LogP contribution in [0, 0.1) is 12.3 Å².